The molecule has 1 aromatic heterocycles. The Kier molecular flexibility index (Phi) is 6.14. The summed E-state index contributed by atoms with van der Waals surface area (Å²) in [6.07, 6.45) is 2.16. The zero-order chi connectivity index (χ0) is 20.3. The third kappa shape index (κ3) is 4.78. The Hall–Kier alpha value is -2.67. The Bertz CT molecular complexity index is 867. The van der Waals surface area contributed by atoms with Crippen LogP contribution in [0.25, 0.3) is 0 Å². The second-order valence-corrected chi connectivity index (χ2v) is 8.21. The van der Waals surface area contributed by atoms with Crippen LogP contribution in [0.5, 0.6) is 0 Å². The molecule has 28 heavy (non-hydrogen) atoms. The molecular formula is C21H24N2O4S. The molecular weight excluding hydrogens is 376 g/mol. The van der Waals surface area contributed by atoms with Gasteiger partial charge in [-0.05, 0) is 56.9 Å². The Labute approximate surface area is 168 Å². The zero-order valence-electron chi connectivity index (χ0n) is 16.3. The molecule has 0 saturated heterocycles. The highest BCUT2D eigenvalue weighted by atomic mass is 32.1. The van der Waals surface area contributed by atoms with Gasteiger partial charge < -0.3 is 15.0 Å². The molecule has 0 fully saturated rings. The third-order valence-electron chi connectivity index (χ3n) is 4.67. The maximum atomic E-state index is 12.5. The highest BCUT2D eigenvalue weighted by Crippen LogP contribution is 2.31. The van der Waals surface area contributed by atoms with Gasteiger partial charge in [0.2, 0.25) is 5.91 Å². The quantitative estimate of drug-likeness (QED) is 0.756. The van der Waals surface area contributed by atoms with E-state index in [0.29, 0.717) is 10.6 Å². The molecule has 2 aromatic rings. The molecule has 148 valence electrons. The number of hydrogen-bond donors (Lipinski definition) is 1. The van der Waals surface area contributed by atoms with Gasteiger partial charge in [-0.1, -0.05) is 17.7 Å². The number of ether oxygens (including phenoxy) is 1. The van der Waals surface area contributed by atoms with Crippen LogP contribution >= 0.6 is 11.3 Å². The van der Waals surface area contributed by atoms with E-state index >= 15 is 0 Å². The van der Waals surface area contributed by atoms with Crippen LogP contribution in [-0.2, 0) is 27.2 Å². The predicted molar refractivity (Wildman–Crippen MR) is 109 cm³/mol. The van der Waals surface area contributed by atoms with Crippen LogP contribution in [0.4, 0.5) is 5.69 Å². The molecule has 0 bridgehead atoms. The lowest BCUT2D eigenvalue weighted by Crippen LogP contribution is -2.41. The molecule has 1 aromatic carbocycles. The molecule has 1 aliphatic rings. The van der Waals surface area contributed by atoms with Gasteiger partial charge in [0.05, 0.1) is 6.54 Å². The van der Waals surface area contributed by atoms with Crippen molar-refractivity contribution in [2.75, 3.05) is 18.9 Å². The first kappa shape index (κ1) is 20.1. The smallest absolute Gasteiger partial charge is 0.349 e. The van der Waals surface area contributed by atoms with Gasteiger partial charge in [-0.15, -0.1) is 11.3 Å². The Morgan fingerprint density at radius 2 is 1.93 bits per heavy atom. The lowest BCUT2D eigenvalue weighted by Gasteiger charge is -2.21. The molecule has 0 saturated carbocycles. The van der Waals surface area contributed by atoms with E-state index in [1.807, 2.05) is 25.1 Å². The van der Waals surface area contributed by atoms with Crippen molar-refractivity contribution in [2.45, 2.75) is 39.2 Å². The molecule has 0 spiro atoms. The predicted octanol–water partition coefficient (Wildman–Crippen LogP) is 3.19. The van der Waals surface area contributed by atoms with Crippen LogP contribution in [0.2, 0.25) is 0 Å². The maximum Gasteiger partial charge on any atom is 0.349 e. The number of anilines is 1. The first-order valence-corrected chi connectivity index (χ1v) is 10.1. The van der Waals surface area contributed by atoms with Crippen molar-refractivity contribution in [3.8, 4) is 0 Å². The average molecular weight is 401 g/mol. The second-order valence-electron chi connectivity index (χ2n) is 7.07. The van der Waals surface area contributed by atoms with Crippen molar-refractivity contribution in [1.82, 2.24) is 4.90 Å². The van der Waals surface area contributed by atoms with Gasteiger partial charge in [0, 0.05) is 17.6 Å². The van der Waals surface area contributed by atoms with Gasteiger partial charge in [0.15, 0.2) is 6.10 Å². The van der Waals surface area contributed by atoms with Crippen molar-refractivity contribution in [2.24, 2.45) is 0 Å². The van der Waals surface area contributed by atoms with E-state index in [0.717, 1.165) is 24.8 Å². The minimum absolute atomic E-state index is 0.123. The molecule has 1 heterocycles. The summed E-state index contributed by atoms with van der Waals surface area (Å²) in [6.45, 7) is 3.36. The molecule has 0 radical (unpaired) electrons. The van der Waals surface area contributed by atoms with Crippen molar-refractivity contribution in [3.05, 3.63) is 51.2 Å². The summed E-state index contributed by atoms with van der Waals surface area (Å²) in [5.41, 5.74) is 2.97. The Balaban J connectivity index is 1.50. The van der Waals surface area contributed by atoms with Crippen LogP contribution < -0.4 is 5.32 Å². The summed E-state index contributed by atoms with van der Waals surface area (Å²) in [5.74, 6) is -1.22. The first-order valence-electron chi connectivity index (χ1n) is 9.27. The number of fused-ring (bicyclic) bond motifs is 1. The molecule has 1 aliphatic carbocycles. The van der Waals surface area contributed by atoms with Gasteiger partial charge in [-0.25, -0.2) is 4.79 Å². The number of benzene rings is 1. The van der Waals surface area contributed by atoms with E-state index in [1.54, 1.807) is 12.1 Å². The number of aryl methyl sites for hydroxylation is 3. The van der Waals surface area contributed by atoms with Crippen molar-refractivity contribution >= 4 is 34.8 Å². The molecule has 7 heteroatoms. The van der Waals surface area contributed by atoms with Crippen molar-refractivity contribution in [3.63, 3.8) is 0 Å². The number of thiophene rings is 1. The standard InChI is InChI=1S/C21H24N2O4S/c1-13-7-9-16(10-8-13)22-19(24)12-23(3)20(25)14(2)27-21(26)18-11-15-5-4-6-17(15)28-18/h7-11,14H,4-6,12H2,1-3H3,(H,22,24)/t14-/m0/s1. The second kappa shape index (κ2) is 8.56. The topological polar surface area (TPSA) is 75.7 Å². The van der Waals surface area contributed by atoms with Crippen LogP contribution in [0.15, 0.2) is 30.3 Å². The van der Waals surface area contributed by atoms with E-state index in [2.05, 4.69) is 5.32 Å². The number of carbonyl (C=O) groups is 3. The summed E-state index contributed by atoms with van der Waals surface area (Å²) >= 11 is 1.44. The molecule has 1 N–H and O–H groups in total. The third-order valence-corrected chi connectivity index (χ3v) is 5.89. The number of carbonyl (C=O) groups excluding carboxylic acids is 3. The number of hydrogen-bond acceptors (Lipinski definition) is 5. The summed E-state index contributed by atoms with van der Waals surface area (Å²) in [6, 6.07) is 9.26. The van der Waals surface area contributed by atoms with Crippen LogP contribution in [0, 0.1) is 6.92 Å². The SMILES string of the molecule is Cc1ccc(NC(=O)CN(C)C(=O)[C@H](C)OC(=O)c2cc3c(s2)CCC3)cc1. The number of rotatable bonds is 6. The number of likely N-dealkylation sites (N-methyl/N-ethyl adjacent to an activating group) is 1. The monoisotopic (exact) mass is 400 g/mol. The van der Waals surface area contributed by atoms with Gasteiger partial charge in [-0.2, -0.15) is 0 Å². The highest BCUT2D eigenvalue weighted by Gasteiger charge is 2.26. The number of amides is 2. The van der Waals surface area contributed by atoms with Gasteiger partial charge >= 0.3 is 5.97 Å². The molecule has 2 amide bonds. The minimum Gasteiger partial charge on any atom is -0.448 e. The number of nitrogens with zero attached hydrogens (tertiary/aromatic N) is 1. The van der Waals surface area contributed by atoms with E-state index in [4.69, 9.17) is 4.74 Å². The van der Waals surface area contributed by atoms with Gasteiger partial charge in [0.1, 0.15) is 4.88 Å². The molecule has 0 unspecified atom stereocenters. The Morgan fingerprint density at radius 1 is 1.21 bits per heavy atom. The number of nitrogens with one attached hydrogen (secondary N) is 1. The zero-order valence-corrected chi connectivity index (χ0v) is 17.1. The molecule has 3 rings (SSSR count). The average Bonchev–Trinajstić information content (AvgIpc) is 3.24. The summed E-state index contributed by atoms with van der Waals surface area (Å²) in [5, 5.41) is 2.74. The lowest BCUT2D eigenvalue weighted by atomic mass is 10.2. The van der Waals surface area contributed by atoms with Crippen LogP contribution in [-0.4, -0.2) is 42.4 Å². The summed E-state index contributed by atoms with van der Waals surface area (Å²) in [7, 11) is 1.51. The Morgan fingerprint density at radius 3 is 2.61 bits per heavy atom. The summed E-state index contributed by atoms with van der Waals surface area (Å²) < 4.78 is 5.32. The van der Waals surface area contributed by atoms with Crippen molar-refractivity contribution in [1.29, 1.82) is 0 Å². The van der Waals surface area contributed by atoms with Crippen LogP contribution in [0.1, 0.15) is 39.0 Å². The van der Waals surface area contributed by atoms with Crippen LogP contribution in [0.3, 0.4) is 0 Å². The first-order chi connectivity index (χ1) is 13.3. The highest BCUT2D eigenvalue weighted by molar-refractivity contribution is 7.14. The fourth-order valence-corrected chi connectivity index (χ4v) is 4.28. The lowest BCUT2D eigenvalue weighted by molar-refractivity contribution is -0.140. The summed E-state index contributed by atoms with van der Waals surface area (Å²) in [4.78, 5) is 39.9. The van der Waals surface area contributed by atoms with E-state index in [9.17, 15) is 14.4 Å². The van der Waals surface area contributed by atoms with Crippen molar-refractivity contribution < 1.29 is 19.1 Å². The van der Waals surface area contributed by atoms with Gasteiger partial charge in [0.25, 0.3) is 5.91 Å². The molecule has 1 atom stereocenters. The minimum atomic E-state index is -0.957. The normalized spacial score (nSPS) is 13.5. The van der Waals surface area contributed by atoms with E-state index in [1.165, 1.54) is 40.6 Å². The largest absolute Gasteiger partial charge is 0.448 e. The molecule has 6 nitrogen and oxygen atoms in total. The van der Waals surface area contributed by atoms with Gasteiger partial charge in [-0.3, -0.25) is 9.59 Å². The fraction of sp³-hybridized carbons (Fsp3) is 0.381. The molecule has 0 aliphatic heterocycles. The van der Waals surface area contributed by atoms with E-state index < -0.39 is 18.0 Å². The maximum absolute atomic E-state index is 12.5. The number of esters is 1. The van der Waals surface area contributed by atoms with E-state index in [-0.39, 0.29) is 12.5 Å². The fourth-order valence-electron chi connectivity index (χ4n) is 3.14.